The van der Waals surface area contributed by atoms with Crippen LogP contribution in [0.25, 0.3) is 0 Å². The number of aromatic carboxylic acids is 1. The molecule has 0 radical (unpaired) electrons. The zero-order valence-corrected chi connectivity index (χ0v) is 16.3. The molecule has 1 aromatic heterocycles. The molecular formula is C17H29N3O4S. The summed E-state index contributed by atoms with van der Waals surface area (Å²) >= 11 is 1.10. The minimum absolute atomic E-state index is 0.0739. The Hall–Kier alpha value is -1.51. The molecule has 1 rings (SSSR count). The van der Waals surface area contributed by atoms with Crippen LogP contribution in [0.1, 0.15) is 62.1 Å². The number of hydrogen-bond acceptors (Lipinski definition) is 6. The lowest BCUT2D eigenvalue weighted by atomic mass is 9.93. The lowest BCUT2D eigenvalue weighted by molar-refractivity contribution is -0.136. The highest BCUT2D eigenvalue weighted by Crippen LogP contribution is 2.27. The molecule has 0 aliphatic carbocycles. The number of aliphatic hydroxyl groups is 1. The normalized spacial score (nSPS) is 16.3. The van der Waals surface area contributed by atoms with E-state index in [1.54, 1.807) is 11.9 Å². The van der Waals surface area contributed by atoms with E-state index in [0.29, 0.717) is 5.01 Å². The Balaban J connectivity index is 2.88. The number of thiazole rings is 1. The maximum atomic E-state index is 12.6. The van der Waals surface area contributed by atoms with Crippen LogP contribution in [0.15, 0.2) is 5.38 Å². The van der Waals surface area contributed by atoms with Gasteiger partial charge in [-0.15, -0.1) is 11.3 Å². The Morgan fingerprint density at radius 3 is 2.40 bits per heavy atom. The van der Waals surface area contributed by atoms with Crippen LogP contribution in [0.5, 0.6) is 0 Å². The summed E-state index contributed by atoms with van der Waals surface area (Å²) in [7, 11) is 1.70. The van der Waals surface area contributed by atoms with Crippen LogP contribution < -0.4 is 5.73 Å². The first kappa shape index (κ1) is 21.5. The van der Waals surface area contributed by atoms with E-state index in [9.17, 15) is 14.7 Å². The van der Waals surface area contributed by atoms with Gasteiger partial charge in [-0.25, -0.2) is 9.78 Å². The van der Waals surface area contributed by atoms with Crippen LogP contribution in [0.4, 0.5) is 0 Å². The molecule has 0 aliphatic heterocycles. The monoisotopic (exact) mass is 371 g/mol. The van der Waals surface area contributed by atoms with Crippen LogP contribution >= 0.6 is 11.3 Å². The first-order chi connectivity index (χ1) is 11.6. The first-order valence-corrected chi connectivity index (χ1v) is 9.37. The van der Waals surface area contributed by atoms with Gasteiger partial charge in [0, 0.05) is 24.9 Å². The predicted molar refractivity (Wildman–Crippen MR) is 97.5 cm³/mol. The lowest BCUT2D eigenvalue weighted by Crippen LogP contribution is -2.51. The second-order valence-corrected chi connectivity index (χ2v) is 7.69. The Morgan fingerprint density at radius 2 is 1.96 bits per heavy atom. The van der Waals surface area contributed by atoms with E-state index < -0.39 is 18.1 Å². The fourth-order valence-corrected chi connectivity index (χ4v) is 3.43. The van der Waals surface area contributed by atoms with Crippen molar-refractivity contribution in [2.24, 2.45) is 17.6 Å². The molecule has 8 heteroatoms. The third kappa shape index (κ3) is 5.49. The van der Waals surface area contributed by atoms with E-state index in [-0.39, 0.29) is 35.9 Å². The summed E-state index contributed by atoms with van der Waals surface area (Å²) in [6.07, 6.45) is 0.160. The Morgan fingerprint density at radius 1 is 1.36 bits per heavy atom. The van der Waals surface area contributed by atoms with Crippen molar-refractivity contribution in [2.75, 3.05) is 7.05 Å². The fraction of sp³-hybridized carbons (Fsp3) is 0.706. The van der Waals surface area contributed by atoms with Gasteiger partial charge in [-0.3, -0.25) is 4.79 Å². The van der Waals surface area contributed by atoms with Gasteiger partial charge in [-0.2, -0.15) is 0 Å². The molecule has 0 aliphatic rings. The minimum atomic E-state index is -1.12. The molecule has 1 aromatic rings. The molecule has 4 unspecified atom stereocenters. The van der Waals surface area contributed by atoms with E-state index in [2.05, 4.69) is 4.98 Å². The van der Waals surface area contributed by atoms with Crippen molar-refractivity contribution >= 4 is 23.2 Å². The van der Waals surface area contributed by atoms with Crippen molar-refractivity contribution in [2.45, 2.75) is 58.7 Å². The first-order valence-electron chi connectivity index (χ1n) is 8.49. The highest BCUT2D eigenvalue weighted by molar-refractivity contribution is 7.09. The number of carboxylic acid groups (broad SMARTS) is 1. The topological polar surface area (TPSA) is 117 Å². The molecule has 0 saturated heterocycles. The summed E-state index contributed by atoms with van der Waals surface area (Å²) in [5.74, 6) is -1.09. The van der Waals surface area contributed by atoms with Crippen LogP contribution in [0, 0.1) is 11.8 Å². The number of carbonyl (C=O) groups excluding carboxylic acids is 1. The maximum absolute atomic E-state index is 12.6. The number of likely N-dealkylation sites (N-methyl/N-ethyl adjacent to an activating group) is 1. The van der Waals surface area contributed by atoms with Gasteiger partial charge in [0.2, 0.25) is 5.91 Å². The van der Waals surface area contributed by atoms with Gasteiger partial charge >= 0.3 is 5.97 Å². The molecule has 0 bridgehead atoms. The van der Waals surface area contributed by atoms with Crippen molar-refractivity contribution in [1.82, 2.24) is 9.88 Å². The summed E-state index contributed by atoms with van der Waals surface area (Å²) in [6, 6.07) is -0.804. The Bertz CT molecular complexity index is 590. The van der Waals surface area contributed by atoms with Crippen molar-refractivity contribution < 1.29 is 19.8 Å². The molecule has 1 heterocycles. The van der Waals surface area contributed by atoms with Gasteiger partial charge < -0.3 is 20.8 Å². The van der Waals surface area contributed by atoms with Crippen LogP contribution in [0.2, 0.25) is 0 Å². The Kier molecular flexibility index (Phi) is 7.98. The number of hydrogen-bond donors (Lipinski definition) is 3. The summed E-state index contributed by atoms with van der Waals surface area (Å²) in [5, 5.41) is 21.1. The smallest absolute Gasteiger partial charge is 0.355 e. The molecule has 0 saturated carbocycles. The average Bonchev–Trinajstić information content (AvgIpc) is 3.06. The van der Waals surface area contributed by atoms with Gasteiger partial charge in [-0.05, 0) is 11.8 Å². The molecule has 4 N–H and O–H groups in total. The van der Waals surface area contributed by atoms with Crippen LogP contribution in [0.3, 0.4) is 0 Å². The molecule has 7 nitrogen and oxygen atoms in total. The van der Waals surface area contributed by atoms with E-state index >= 15 is 0 Å². The third-order valence-electron chi connectivity index (χ3n) is 4.65. The number of nitrogens with two attached hydrogens (primary N) is 1. The van der Waals surface area contributed by atoms with Crippen LogP contribution in [-0.2, 0) is 4.79 Å². The third-order valence-corrected chi connectivity index (χ3v) is 5.59. The molecule has 0 fully saturated rings. The summed E-state index contributed by atoms with van der Waals surface area (Å²) in [4.78, 5) is 29.1. The summed E-state index contributed by atoms with van der Waals surface area (Å²) in [6.45, 7) is 7.88. The lowest BCUT2D eigenvalue weighted by Gasteiger charge is -2.35. The molecule has 0 aromatic carbocycles. The minimum Gasteiger partial charge on any atom is -0.476 e. The quantitative estimate of drug-likeness (QED) is 0.612. The molecule has 4 atom stereocenters. The van der Waals surface area contributed by atoms with Crippen molar-refractivity contribution in [1.29, 1.82) is 0 Å². The second-order valence-electron chi connectivity index (χ2n) is 6.80. The summed E-state index contributed by atoms with van der Waals surface area (Å²) < 4.78 is 0. The van der Waals surface area contributed by atoms with Gasteiger partial charge in [0.1, 0.15) is 11.1 Å². The largest absolute Gasteiger partial charge is 0.476 e. The number of amides is 1. The van der Waals surface area contributed by atoms with Gasteiger partial charge in [0.05, 0.1) is 6.04 Å². The zero-order valence-electron chi connectivity index (χ0n) is 15.5. The molecule has 142 valence electrons. The number of rotatable bonds is 9. The number of aromatic nitrogens is 1. The number of aliphatic hydroxyl groups excluding tert-OH is 1. The van der Waals surface area contributed by atoms with E-state index in [0.717, 1.165) is 17.8 Å². The van der Waals surface area contributed by atoms with Crippen LogP contribution in [-0.4, -0.2) is 51.1 Å². The highest BCUT2D eigenvalue weighted by Gasteiger charge is 2.31. The second kappa shape index (κ2) is 9.26. The molecular weight excluding hydrogens is 342 g/mol. The Labute approximate surface area is 152 Å². The number of carbonyl (C=O) groups is 2. The van der Waals surface area contributed by atoms with Gasteiger partial charge in [-0.1, -0.05) is 34.1 Å². The van der Waals surface area contributed by atoms with E-state index in [1.807, 2.05) is 27.7 Å². The maximum Gasteiger partial charge on any atom is 0.355 e. The zero-order chi connectivity index (χ0) is 19.3. The van der Waals surface area contributed by atoms with Gasteiger partial charge in [0.15, 0.2) is 5.69 Å². The van der Waals surface area contributed by atoms with Crippen molar-refractivity contribution in [3.63, 3.8) is 0 Å². The van der Waals surface area contributed by atoms with E-state index in [1.165, 1.54) is 5.38 Å². The SMILES string of the molecule is CCC(C)C(N)C(=O)N(C)C(CC(O)c1nc(C(=O)O)cs1)C(C)C. The molecule has 25 heavy (non-hydrogen) atoms. The fourth-order valence-electron chi connectivity index (χ4n) is 2.64. The highest BCUT2D eigenvalue weighted by atomic mass is 32.1. The standard InChI is InChI=1S/C17H29N3O4S/c1-6-10(4)14(18)16(22)20(5)12(9(2)3)7-13(21)15-19-11(8-25-15)17(23)24/h8-10,12-14,21H,6-7,18H2,1-5H3,(H,23,24). The van der Waals surface area contributed by atoms with E-state index in [4.69, 9.17) is 10.8 Å². The predicted octanol–water partition coefficient (Wildman–Crippen LogP) is 2.12. The number of carboxylic acids is 1. The van der Waals surface area contributed by atoms with Gasteiger partial charge in [0.25, 0.3) is 0 Å². The van der Waals surface area contributed by atoms with Crippen molar-refractivity contribution in [3.05, 3.63) is 16.1 Å². The summed E-state index contributed by atoms with van der Waals surface area (Å²) in [5.41, 5.74) is 5.98. The average molecular weight is 372 g/mol. The number of nitrogens with zero attached hydrogens (tertiary/aromatic N) is 2. The molecule has 0 spiro atoms. The molecule has 1 amide bonds. The van der Waals surface area contributed by atoms with Crippen molar-refractivity contribution in [3.8, 4) is 0 Å².